The van der Waals surface area contributed by atoms with Crippen LogP contribution in [0, 0.1) is 10.1 Å². The molecule has 2 N–H and O–H groups in total. The van der Waals surface area contributed by atoms with Crippen LogP contribution in [0.5, 0.6) is 0 Å². The molecule has 0 aliphatic heterocycles. The molecule has 25 heavy (non-hydrogen) atoms. The van der Waals surface area contributed by atoms with E-state index in [1.54, 1.807) is 23.0 Å². The number of aromatic nitrogens is 2. The first-order valence-corrected chi connectivity index (χ1v) is 8.33. The summed E-state index contributed by atoms with van der Waals surface area (Å²) in [5.41, 5.74) is 2.09. The van der Waals surface area contributed by atoms with Gasteiger partial charge in [-0.15, -0.1) is 0 Å². The zero-order valence-corrected chi connectivity index (χ0v) is 14.8. The third-order valence-electron chi connectivity index (χ3n) is 3.82. The number of non-ortho nitro benzene ring substituents is 1. The van der Waals surface area contributed by atoms with Gasteiger partial charge in [-0.2, -0.15) is 5.10 Å². The number of quaternary nitrogens is 1. The summed E-state index contributed by atoms with van der Waals surface area (Å²) in [5, 5.41) is 18.0. The van der Waals surface area contributed by atoms with Crippen molar-refractivity contribution in [2.24, 2.45) is 0 Å². The van der Waals surface area contributed by atoms with Crippen LogP contribution in [0.25, 0.3) is 5.69 Å². The summed E-state index contributed by atoms with van der Waals surface area (Å²) >= 11 is 0. The van der Waals surface area contributed by atoms with Crippen LogP contribution in [-0.4, -0.2) is 47.8 Å². The summed E-state index contributed by atoms with van der Waals surface area (Å²) in [6.07, 6.45) is 3.11. The third-order valence-corrected chi connectivity index (χ3v) is 3.82. The molecule has 2 rings (SSSR count). The minimum atomic E-state index is -0.439. The molecule has 0 aliphatic rings. The van der Waals surface area contributed by atoms with Gasteiger partial charge in [0.05, 0.1) is 55.2 Å². The molecule has 1 aromatic carbocycles. The zero-order valence-electron chi connectivity index (χ0n) is 14.8. The summed E-state index contributed by atoms with van der Waals surface area (Å²) in [4.78, 5) is 24.1. The van der Waals surface area contributed by atoms with Crippen LogP contribution >= 0.6 is 0 Å². The van der Waals surface area contributed by atoms with E-state index in [1.165, 1.54) is 17.0 Å². The van der Waals surface area contributed by atoms with Crippen LogP contribution < -0.4 is 10.2 Å². The predicted octanol–water partition coefficient (Wildman–Crippen LogP) is 0.607. The van der Waals surface area contributed by atoms with Gasteiger partial charge in [-0.25, -0.2) is 4.68 Å². The Morgan fingerprint density at radius 2 is 2.00 bits per heavy atom. The smallest absolute Gasteiger partial charge is 0.269 e. The van der Waals surface area contributed by atoms with Crippen molar-refractivity contribution in [1.82, 2.24) is 15.1 Å². The molecule has 0 atom stereocenters. The summed E-state index contributed by atoms with van der Waals surface area (Å²) < 4.78 is 1.68. The van der Waals surface area contributed by atoms with Gasteiger partial charge in [-0.05, 0) is 18.6 Å². The number of nitrogens with one attached hydrogen (secondary N) is 2. The first kappa shape index (κ1) is 18.6. The van der Waals surface area contributed by atoms with Gasteiger partial charge >= 0.3 is 0 Å². The topological polar surface area (TPSA) is 94.5 Å². The van der Waals surface area contributed by atoms with Gasteiger partial charge in [0.2, 0.25) is 0 Å². The number of carbonyl (C=O) groups excluding carboxylic acids is 1. The molecule has 8 heteroatoms. The van der Waals surface area contributed by atoms with E-state index in [2.05, 4.69) is 10.4 Å². The molecule has 2 aromatic rings. The lowest BCUT2D eigenvalue weighted by Gasteiger charge is -2.10. The van der Waals surface area contributed by atoms with Gasteiger partial charge in [0, 0.05) is 12.1 Å². The van der Waals surface area contributed by atoms with E-state index in [1.807, 2.05) is 21.0 Å². The standard InChI is InChI=1S/C17H23N5O3/c1-4-5-16-15(17(23)18-10-11-20(2)3)12-19-21(16)13-6-8-14(9-7-13)22(24)25/h6-9,12H,4-5,10-11H2,1-3H3,(H,18,23)/p+1. The van der Waals surface area contributed by atoms with E-state index in [9.17, 15) is 14.9 Å². The number of nitrogens with zero attached hydrogens (tertiary/aromatic N) is 3. The number of hydrogen-bond acceptors (Lipinski definition) is 4. The maximum absolute atomic E-state index is 12.4. The van der Waals surface area contributed by atoms with Crippen molar-refractivity contribution in [3.63, 3.8) is 0 Å². The van der Waals surface area contributed by atoms with Gasteiger partial charge < -0.3 is 10.2 Å². The molecule has 0 fully saturated rings. The van der Waals surface area contributed by atoms with Crippen molar-refractivity contribution in [3.05, 3.63) is 51.8 Å². The van der Waals surface area contributed by atoms with E-state index >= 15 is 0 Å². The zero-order chi connectivity index (χ0) is 18.4. The van der Waals surface area contributed by atoms with E-state index in [4.69, 9.17) is 0 Å². The SMILES string of the molecule is CCCc1c(C(=O)NCC[NH+](C)C)cnn1-c1ccc([N+](=O)[O-])cc1. The second-order valence-electron chi connectivity index (χ2n) is 6.15. The predicted molar refractivity (Wildman–Crippen MR) is 94.2 cm³/mol. The van der Waals surface area contributed by atoms with Crippen LogP contribution in [0.4, 0.5) is 5.69 Å². The fourth-order valence-corrected chi connectivity index (χ4v) is 2.50. The molecule has 1 heterocycles. The summed E-state index contributed by atoms with van der Waals surface area (Å²) in [6.45, 7) is 3.46. The third kappa shape index (κ3) is 4.63. The minimum Gasteiger partial charge on any atom is -0.346 e. The first-order valence-electron chi connectivity index (χ1n) is 8.33. The van der Waals surface area contributed by atoms with E-state index in [0.29, 0.717) is 24.2 Å². The monoisotopic (exact) mass is 346 g/mol. The fraction of sp³-hybridized carbons (Fsp3) is 0.412. The highest BCUT2D eigenvalue weighted by molar-refractivity contribution is 5.95. The Balaban J connectivity index is 2.26. The van der Waals surface area contributed by atoms with Gasteiger partial charge in [-0.1, -0.05) is 13.3 Å². The molecule has 1 amide bonds. The van der Waals surface area contributed by atoms with Crippen LogP contribution in [0.2, 0.25) is 0 Å². The average Bonchev–Trinajstić information content (AvgIpc) is 2.98. The molecule has 0 radical (unpaired) electrons. The number of rotatable bonds is 8. The Labute approximate surface area is 146 Å². The van der Waals surface area contributed by atoms with Crippen LogP contribution in [0.15, 0.2) is 30.5 Å². The molecule has 0 saturated heterocycles. The summed E-state index contributed by atoms with van der Waals surface area (Å²) in [5.74, 6) is -0.141. The lowest BCUT2D eigenvalue weighted by atomic mass is 10.1. The maximum atomic E-state index is 12.4. The first-order chi connectivity index (χ1) is 11.9. The van der Waals surface area contributed by atoms with Crippen molar-refractivity contribution in [2.45, 2.75) is 19.8 Å². The van der Waals surface area contributed by atoms with Gasteiger partial charge in [0.25, 0.3) is 11.6 Å². The fourth-order valence-electron chi connectivity index (χ4n) is 2.50. The number of carbonyl (C=O) groups is 1. The molecular weight excluding hydrogens is 322 g/mol. The van der Waals surface area contributed by atoms with Crippen molar-refractivity contribution < 1.29 is 14.6 Å². The van der Waals surface area contributed by atoms with Gasteiger partial charge in [-0.3, -0.25) is 14.9 Å². The Kier molecular flexibility index (Phi) is 6.24. The molecular formula is C17H24N5O3+. The second kappa shape index (κ2) is 8.39. The quantitative estimate of drug-likeness (QED) is 0.541. The molecule has 0 spiro atoms. The number of hydrogen-bond donors (Lipinski definition) is 2. The number of likely N-dealkylation sites (N-methyl/N-ethyl adjacent to an activating group) is 1. The normalized spacial score (nSPS) is 10.9. The Hall–Kier alpha value is -2.74. The Bertz CT molecular complexity index is 737. The van der Waals surface area contributed by atoms with E-state index in [0.717, 1.165) is 18.7 Å². The molecule has 1 aromatic heterocycles. The molecule has 134 valence electrons. The van der Waals surface area contributed by atoms with Crippen molar-refractivity contribution in [3.8, 4) is 5.69 Å². The lowest BCUT2D eigenvalue weighted by Crippen LogP contribution is -3.06. The van der Waals surface area contributed by atoms with E-state index < -0.39 is 4.92 Å². The Morgan fingerprint density at radius 1 is 1.32 bits per heavy atom. The van der Waals surface area contributed by atoms with Crippen molar-refractivity contribution >= 4 is 11.6 Å². The maximum Gasteiger partial charge on any atom is 0.269 e. The van der Waals surface area contributed by atoms with E-state index in [-0.39, 0.29) is 11.6 Å². The van der Waals surface area contributed by atoms with Crippen LogP contribution in [0.3, 0.4) is 0 Å². The molecule has 0 saturated carbocycles. The highest BCUT2D eigenvalue weighted by Crippen LogP contribution is 2.19. The number of nitro benzene ring substituents is 1. The average molecular weight is 346 g/mol. The second-order valence-corrected chi connectivity index (χ2v) is 6.15. The highest BCUT2D eigenvalue weighted by atomic mass is 16.6. The molecule has 0 aliphatic carbocycles. The van der Waals surface area contributed by atoms with Crippen LogP contribution in [0.1, 0.15) is 29.4 Å². The van der Waals surface area contributed by atoms with Gasteiger partial charge in [0.15, 0.2) is 0 Å². The largest absolute Gasteiger partial charge is 0.346 e. The molecule has 8 nitrogen and oxygen atoms in total. The van der Waals surface area contributed by atoms with Crippen molar-refractivity contribution in [2.75, 3.05) is 27.2 Å². The minimum absolute atomic E-state index is 0.0251. The van der Waals surface area contributed by atoms with Gasteiger partial charge in [0.1, 0.15) is 0 Å². The number of amides is 1. The highest BCUT2D eigenvalue weighted by Gasteiger charge is 2.18. The van der Waals surface area contributed by atoms with Crippen LogP contribution in [-0.2, 0) is 6.42 Å². The summed E-state index contributed by atoms with van der Waals surface area (Å²) in [6, 6.07) is 6.15. The summed E-state index contributed by atoms with van der Waals surface area (Å²) in [7, 11) is 4.06. The molecule has 0 bridgehead atoms. The van der Waals surface area contributed by atoms with Crippen molar-refractivity contribution in [1.29, 1.82) is 0 Å². The molecule has 0 unspecified atom stereocenters. The number of benzene rings is 1. The Morgan fingerprint density at radius 3 is 2.56 bits per heavy atom. The lowest BCUT2D eigenvalue weighted by molar-refractivity contribution is -0.856. The number of nitro groups is 1.